The van der Waals surface area contributed by atoms with Crippen molar-refractivity contribution >= 4 is 6.29 Å². The van der Waals surface area contributed by atoms with Crippen molar-refractivity contribution in [2.45, 2.75) is 31.7 Å². The maximum absolute atomic E-state index is 10.5. The Labute approximate surface area is 87.0 Å². The van der Waals surface area contributed by atoms with Crippen LogP contribution in [-0.2, 0) is 6.42 Å². The van der Waals surface area contributed by atoms with E-state index >= 15 is 0 Å². The molecule has 0 aliphatic rings. The molecule has 0 saturated heterocycles. The molecule has 0 amide bonds. The largest absolute Gasteiger partial charge is 0.461 e. The van der Waals surface area contributed by atoms with Gasteiger partial charge in [-0.2, -0.15) is 0 Å². The minimum Gasteiger partial charge on any atom is -0.461 e. The van der Waals surface area contributed by atoms with Gasteiger partial charge >= 0.3 is 0 Å². The molecule has 0 aliphatic carbocycles. The lowest BCUT2D eigenvalue weighted by atomic mass is 10.1. The van der Waals surface area contributed by atoms with E-state index in [9.17, 15) is 4.79 Å². The predicted molar refractivity (Wildman–Crippen MR) is 51.3 cm³/mol. The zero-order valence-electron chi connectivity index (χ0n) is 8.17. The van der Waals surface area contributed by atoms with E-state index in [0.717, 1.165) is 5.56 Å². The standard InChI is InChI=1S/C10H14O5/c11-6-9-7(4-5-15-9)2-1-3-8(12)10(13)14/h4-6,8,10,12-14H,1-3H2. The van der Waals surface area contributed by atoms with Crippen molar-refractivity contribution < 1.29 is 24.5 Å². The Morgan fingerprint density at radius 3 is 2.73 bits per heavy atom. The molecule has 0 aliphatic heterocycles. The minimum absolute atomic E-state index is 0.265. The van der Waals surface area contributed by atoms with Crippen LogP contribution < -0.4 is 0 Å². The van der Waals surface area contributed by atoms with Gasteiger partial charge in [0.25, 0.3) is 0 Å². The number of aliphatic hydroxyl groups excluding tert-OH is 2. The first-order chi connectivity index (χ1) is 7.15. The van der Waals surface area contributed by atoms with Crippen LogP contribution in [-0.4, -0.2) is 34.0 Å². The molecule has 1 aromatic rings. The highest BCUT2D eigenvalue weighted by molar-refractivity contribution is 5.72. The Balaban J connectivity index is 2.34. The first-order valence-electron chi connectivity index (χ1n) is 4.71. The van der Waals surface area contributed by atoms with E-state index in [-0.39, 0.29) is 12.2 Å². The monoisotopic (exact) mass is 214 g/mol. The number of carbonyl (C=O) groups is 1. The number of carbonyl (C=O) groups excluding carboxylic acids is 1. The molecule has 1 aromatic heterocycles. The summed E-state index contributed by atoms with van der Waals surface area (Å²) in [4.78, 5) is 10.5. The maximum atomic E-state index is 10.5. The van der Waals surface area contributed by atoms with E-state index < -0.39 is 12.4 Å². The number of aryl methyl sites for hydroxylation is 1. The number of rotatable bonds is 6. The van der Waals surface area contributed by atoms with Crippen LogP contribution in [0.5, 0.6) is 0 Å². The molecule has 3 N–H and O–H groups in total. The molecular formula is C10H14O5. The smallest absolute Gasteiger partial charge is 0.185 e. The summed E-state index contributed by atoms with van der Waals surface area (Å²) in [7, 11) is 0. The van der Waals surface area contributed by atoms with Crippen LogP contribution >= 0.6 is 0 Å². The molecule has 0 saturated carbocycles. The van der Waals surface area contributed by atoms with Crippen molar-refractivity contribution in [2.24, 2.45) is 0 Å². The van der Waals surface area contributed by atoms with E-state index in [1.165, 1.54) is 6.26 Å². The third-order valence-electron chi connectivity index (χ3n) is 2.18. The summed E-state index contributed by atoms with van der Waals surface area (Å²) in [5, 5.41) is 26.3. The lowest BCUT2D eigenvalue weighted by Gasteiger charge is -2.11. The quantitative estimate of drug-likeness (QED) is 0.461. The third kappa shape index (κ3) is 3.47. The van der Waals surface area contributed by atoms with Crippen molar-refractivity contribution in [3.05, 3.63) is 23.7 Å². The van der Waals surface area contributed by atoms with E-state index in [1.807, 2.05) is 0 Å². The highest BCUT2D eigenvalue weighted by atomic mass is 16.5. The van der Waals surface area contributed by atoms with Gasteiger partial charge < -0.3 is 19.7 Å². The molecule has 0 fully saturated rings. The molecule has 1 rings (SSSR count). The van der Waals surface area contributed by atoms with Gasteiger partial charge in [0.05, 0.1) is 6.26 Å². The minimum atomic E-state index is -1.71. The van der Waals surface area contributed by atoms with Crippen molar-refractivity contribution in [1.29, 1.82) is 0 Å². The van der Waals surface area contributed by atoms with Gasteiger partial charge in [-0.05, 0) is 25.3 Å². The van der Waals surface area contributed by atoms with Crippen LogP contribution in [0.25, 0.3) is 0 Å². The second-order valence-corrected chi connectivity index (χ2v) is 3.30. The van der Waals surface area contributed by atoms with E-state index in [4.69, 9.17) is 19.7 Å². The van der Waals surface area contributed by atoms with Gasteiger partial charge in [-0.3, -0.25) is 4.79 Å². The van der Waals surface area contributed by atoms with Gasteiger partial charge in [-0.15, -0.1) is 0 Å². The van der Waals surface area contributed by atoms with Crippen molar-refractivity contribution in [2.75, 3.05) is 0 Å². The molecule has 1 unspecified atom stereocenters. The average Bonchev–Trinajstić information content (AvgIpc) is 2.65. The molecule has 5 nitrogen and oxygen atoms in total. The average molecular weight is 214 g/mol. The first kappa shape index (κ1) is 11.9. The predicted octanol–water partition coefficient (Wildman–Crippen LogP) is 0.0864. The highest BCUT2D eigenvalue weighted by Crippen LogP contribution is 2.12. The highest BCUT2D eigenvalue weighted by Gasteiger charge is 2.12. The Hall–Kier alpha value is -1.17. The third-order valence-corrected chi connectivity index (χ3v) is 2.18. The van der Waals surface area contributed by atoms with Gasteiger partial charge in [-0.25, -0.2) is 0 Å². The fourth-order valence-corrected chi connectivity index (χ4v) is 1.31. The van der Waals surface area contributed by atoms with Crippen LogP contribution in [0.1, 0.15) is 29.0 Å². The van der Waals surface area contributed by atoms with Crippen molar-refractivity contribution in [3.63, 3.8) is 0 Å². The number of hydrogen-bond acceptors (Lipinski definition) is 5. The van der Waals surface area contributed by atoms with Crippen LogP contribution in [0, 0.1) is 0 Å². The van der Waals surface area contributed by atoms with Crippen LogP contribution in [0.4, 0.5) is 0 Å². The fourth-order valence-electron chi connectivity index (χ4n) is 1.31. The Morgan fingerprint density at radius 1 is 1.40 bits per heavy atom. The second kappa shape index (κ2) is 5.65. The van der Waals surface area contributed by atoms with Crippen LogP contribution in [0.2, 0.25) is 0 Å². The molecule has 0 bridgehead atoms. The number of furan rings is 1. The summed E-state index contributed by atoms with van der Waals surface area (Å²) in [6.45, 7) is 0. The van der Waals surface area contributed by atoms with Gasteiger partial charge in [0.15, 0.2) is 18.3 Å². The molecule has 0 aromatic carbocycles. The van der Waals surface area contributed by atoms with Gasteiger partial charge in [0, 0.05) is 5.56 Å². The zero-order chi connectivity index (χ0) is 11.3. The zero-order valence-corrected chi connectivity index (χ0v) is 8.17. The summed E-state index contributed by atoms with van der Waals surface area (Å²) in [6, 6.07) is 1.69. The second-order valence-electron chi connectivity index (χ2n) is 3.30. The van der Waals surface area contributed by atoms with Gasteiger partial charge in [-0.1, -0.05) is 0 Å². The van der Waals surface area contributed by atoms with Crippen LogP contribution in [0.3, 0.4) is 0 Å². The van der Waals surface area contributed by atoms with Crippen LogP contribution in [0.15, 0.2) is 16.7 Å². The molecule has 5 heteroatoms. The van der Waals surface area contributed by atoms with Gasteiger partial charge in [0.2, 0.25) is 0 Å². The van der Waals surface area contributed by atoms with E-state index in [0.29, 0.717) is 19.1 Å². The lowest BCUT2D eigenvalue weighted by molar-refractivity contribution is -0.124. The van der Waals surface area contributed by atoms with E-state index in [1.54, 1.807) is 6.07 Å². The molecule has 84 valence electrons. The molecular weight excluding hydrogens is 200 g/mol. The molecule has 0 spiro atoms. The van der Waals surface area contributed by atoms with E-state index in [2.05, 4.69) is 0 Å². The normalized spacial score (nSPS) is 13.1. The Morgan fingerprint density at radius 2 is 2.13 bits per heavy atom. The van der Waals surface area contributed by atoms with Crippen molar-refractivity contribution in [3.8, 4) is 0 Å². The molecule has 0 radical (unpaired) electrons. The lowest BCUT2D eigenvalue weighted by Crippen LogP contribution is -2.25. The molecule has 1 atom stereocenters. The summed E-state index contributed by atoms with van der Waals surface area (Å²) in [5.41, 5.74) is 0.768. The Kier molecular flexibility index (Phi) is 4.48. The number of aliphatic hydroxyl groups is 3. The Bertz CT molecular complexity index is 305. The maximum Gasteiger partial charge on any atom is 0.185 e. The summed E-state index contributed by atoms with van der Waals surface area (Å²) in [5.74, 6) is 0.286. The SMILES string of the molecule is O=Cc1occc1CCCC(O)C(O)O. The molecule has 15 heavy (non-hydrogen) atoms. The first-order valence-corrected chi connectivity index (χ1v) is 4.71. The van der Waals surface area contributed by atoms with Crippen molar-refractivity contribution in [1.82, 2.24) is 0 Å². The number of aldehydes is 1. The number of hydrogen-bond donors (Lipinski definition) is 3. The fraction of sp³-hybridized carbons (Fsp3) is 0.500. The summed E-state index contributed by atoms with van der Waals surface area (Å²) >= 11 is 0. The topological polar surface area (TPSA) is 90.9 Å². The van der Waals surface area contributed by atoms with Gasteiger partial charge in [0.1, 0.15) is 6.10 Å². The molecule has 1 heterocycles. The summed E-state index contributed by atoms with van der Waals surface area (Å²) < 4.78 is 4.89. The summed E-state index contributed by atoms with van der Waals surface area (Å²) in [6.07, 6.45) is 0.592.